The molecule has 1 rings (SSSR count). The molecule has 0 spiro atoms. The summed E-state index contributed by atoms with van der Waals surface area (Å²) in [5.74, 6) is 0.659. The maximum absolute atomic E-state index is 12.1. The quantitative estimate of drug-likeness (QED) is 0.729. The summed E-state index contributed by atoms with van der Waals surface area (Å²) in [5, 5.41) is 2.56. The highest BCUT2D eigenvalue weighted by atomic mass is 16.5. The van der Waals surface area contributed by atoms with Crippen molar-refractivity contribution in [2.24, 2.45) is 0 Å². The molecule has 0 aromatic heterocycles. The minimum atomic E-state index is -0.0913. The molecule has 0 bridgehead atoms. The van der Waals surface area contributed by atoms with E-state index in [9.17, 15) is 9.59 Å². The lowest BCUT2D eigenvalue weighted by atomic mass is 10.1. The molecule has 5 nitrogen and oxygen atoms in total. The van der Waals surface area contributed by atoms with Crippen LogP contribution in [0, 0.1) is 0 Å². The van der Waals surface area contributed by atoms with Crippen molar-refractivity contribution in [3.63, 3.8) is 0 Å². The molecule has 110 valence electrons. The number of likely N-dealkylation sites (N-methyl/N-ethyl adjacent to an activating group) is 2. The second-order valence-electron chi connectivity index (χ2n) is 4.36. The number of ketones is 1. The Kier molecular flexibility index (Phi) is 6.73. The van der Waals surface area contributed by atoms with Crippen molar-refractivity contribution < 1.29 is 14.3 Å². The van der Waals surface area contributed by atoms with E-state index < -0.39 is 0 Å². The van der Waals surface area contributed by atoms with Crippen LogP contribution in [0.25, 0.3) is 0 Å². The van der Waals surface area contributed by atoms with E-state index in [1.54, 1.807) is 36.2 Å². The summed E-state index contributed by atoms with van der Waals surface area (Å²) in [7, 11) is 1.59. The van der Waals surface area contributed by atoms with Crippen LogP contribution in [0.2, 0.25) is 0 Å². The molecule has 0 aliphatic heterocycles. The van der Waals surface area contributed by atoms with Gasteiger partial charge in [-0.3, -0.25) is 14.5 Å². The number of rotatable bonds is 8. The maximum Gasteiger partial charge on any atom is 0.233 e. The Morgan fingerprint density at radius 2 is 1.80 bits per heavy atom. The lowest BCUT2D eigenvalue weighted by Crippen LogP contribution is -2.38. The Hall–Kier alpha value is -1.88. The number of carbonyl (C=O) groups is 2. The summed E-state index contributed by atoms with van der Waals surface area (Å²) in [6.45, 7) is 5.55. The van der Waals surface area contributed by atoms with E-state index in [4.69, 9.17) is 4.74 Å². The van der Waals surface area contributed by atoms with E-state index in [1.807, 2.05) is 13.8 Å². The molecular formula is C15H22N2O3. The summed E-state index contributed by atoms with van der Waals surface area (Å²) in [5.41, 5.74) is 0.629. The van der Waals surface area contributed by atoms with Gasteiger partial charge in [0.2, 0.25) is 5.91 Å². The first kappa shape index (κ1) is 16.2. The van der Waals surface area contributed by atoms with Gasteiger partial charge in [-0.05, 0) is 37.7 Å². The third kappa shape index (κ3) is 5.01. The number of hydrogen-bond acceptors (Lipinski definition) is 4. The van der Waals surface area contributed by atoms with Crippen molar-refractivity contribution in [1.29, 1.82) is 0 Å². The van der Waals surface area contributed by atoms with Gasteiger partial charge in [-0.1, -0.05) is 6.92 Å². The molecule has 0 aliphatic carbocycles. The SMILES string of the molecule is CCOc1ccc(C(=O)CN(CC)CC(=O)NC)cc1. The number of hydrogen-bond donors (Lipinski definition) is 1. The zero-order valence-corrected chi connectivity index (χ0v) is 12.3. The van der Waals surface area contributed by atoms with Gasteiger partial charge in [-0.2, -0.15) is 0 Å². The molecular weight excluding hydrogens is 256 g/mol. The van der Waals surface area contributed by atoms with Crippen LogP contribution in [-0.4, -0.2) is 49.9 Å². The van der Waals surface area contributed by atoms with Crippen LogP contribution in [0.15, 0.2) is 24.3 Å². The molecule has 0 fully saturated rings. The molecule has 0 radical (unpaired) electrons. The maximum atomic E-state index is 12.1. The fourth-order valence-corrected chi connectivity index (χ4v) is 1.76. The van der Waals surface area contributed by atoms with Crippen molar-refractivity contribution >= 4 is 11.7 Å². The summed E-state index contributed by atoms with van der Waals surface area (Å²) >= 11 is 0. The van der Waals surface area contributed by atoms with Gasteiger partial charge in [0.05, 0.1) is 19.7 Å². The van der Waals surface area contributed by atoms with E-state index in [1.165, 1.54) is 0 Å². The lowest BCUT2D eigenvalue weighted by Gasteiger charge is -2.18. The van der Waals surface area contributed by atoms with E-state index >= 15 is 0 Å². The molecule has 0 saturated carbocycles. The minimum Gasteiger partial charge on any atom is -0.494 e. The molecule has 0 heterocycles. The van der Waals surface area contributed by atoms with Crippen LogP contribution in [0.5, 0.6) is 5.75 Å². The lowest BCUT2D eigenvalue weighted by molar-refractivity contribution is -0.121. The topological polar surface area (TPSA) is 58.6 Å². The largest absolute Gasteiger partial charge is 0.494 e. The molecule has 1 aromatic rings. The average molecular weight is 278 g/mol. The minimum absolute atomic E-state index is 0.00111. The molecule has 0 atom stereocenters. The first-order valence-electron chi connectivity index (χ1n) is 6.79. The van der Waals surface area contributed by atoms with Gasteiger partial charge in [-0.15, -0.1) is 0 Å². The Morgan fingerprint density at radius 1 is 1.15 bits per heavy atom. The number of ether oxygens (including phenoxy) is 1. The van der Waals surface area contributed by atoms with Crippen LogP contribution in [0.3, 0.4) is 0 Å². The number of benzene rings is 1. The molecule has 1 amide bonds. The summed E-state index contributed by atoms with van der Waals surface area (Å²) in [4.78, 5) is 25.3. The van der Waals surface area contributed by atoms with E-state index in [-0.39, 0.29) is 24.8 Å². The normalized spacial score (nSPS) is 10.4. The summed E-state index contributed by atoms with van der Waals surface area (Å²) in [6, 6.07) is 7.07. The fraction of sp³-hybridized carbons (Fsp3) is 0.467. The zero-order valence-electron chi connectivity index (χ0n) is 12.3. The van der Waals surface area contributed by atoms with E-state index in [0.29, 0.717) is 18.7 Å². The number of carbonyl (C=O) groups excluding carboxylic acids is 2. The van der Waals surface area contributed by atoms with E-state index in [2.05, 4.69) is 5.32 Å². The predicted octanol–water partition coefficient (Wildman–Crippen LogP) is 1.34. The second-order valence-corrected chi connectivity index (χ2v) is 4.36. The highest BCUT2D eigenvalue weighted by Crippen LogP contribution is 2.12. The van der Waals surface area contributed by atoms with Crippen molar-refractivity contribution in [2.45, 2.75) is 13.8 Å². The molecule has 5 heteroatoms. The van der Waals surface area contributed by atoms with E-state index in [0.717, 1.165) is 5.75 Å². The Balaban J connectivity index is 2.62. The van der Waals surface area contributed by atoms with Crippen molar-refractivity contribution in [2.75, 3.05) is 33.3 Å². The third-order valence-electron chi connectivity index (χ3n) is 2.95. The van der Waals surface area contributed by atoms with Gasteiger partial charge in [0.1, 0.15) is 5.75 Å². The smallest absolute Gasteiger partial charge is 0.233 e. The van der Waals surface area contributed by atoms with Gasteiger partial charge in [0.15, 0.2) is 5.78 Å². The number of nitrogens with zero attached hydrogens (tertiary/aromatic N) is 1. The van der Waals surface area contributed by atoms with Crippen molar-refractivity contribution in [3.8, 4) is 5.75 Å². The fourth-order valence-electron chi connectivity index (χ4n) is 1.76. The molecule has 0 saturated heterocycles. The molecule has 1 aromatic carbocycles. The number of amides is 1. The standard InChI is InChI=1S/C15H22N2O3/c1-4-17(11-15(19)16-3)10-14(18)12-6-8-13(9-7-12)20-5-2/h6-9H,4-5,10-11H2,1-3H3,(H,16,19). The molecule has 20 heavy (non-hydrogen) atoms. The van der Waals surface area contributed by atoms with Crippen LogP contribution in [0.4, 0.5) is 0 Å². The monoisotopic (exact) mass is 278 g/mol. The van der Waals surface area contributed by atoms with Gasteiger partial charge in [0, 0.05) is 12.6 Å². The average Bonchev–Trinajstić information content (AvgIpc) is 2.47. The number of Topliss-reactive ketones (excluding diaryl/α,β-unsaturated/α-hetero) is 1. The van der Waals surface area contributed by atoms with Crippen LogP contribution < -0.4 is 10.1 Å². The Labute approximate surface area is 119 Å². The van der Waals surface area contributed by atoms with Gasteiger partial charge in [-0.25, -0.2) is 0 Å². The highest BCUT2D eigenvalue weighted by molar-refractivity contribution is 5.98. The van der Waals surface area contributed by atoms with Crippen LogP contribution in [0.1, 0.15) is 24.2 Å². The van der Waals surface area contributed by atoms with Gasteiger partial charge < -0.3 is 10.1 Å². The zero-order chi connectivity index (χ0) is 15.0. The predicted molar refractivity (Wildman–Crippen MR) is 78.1 cm³/mol. The second kappa shape index (κ2) is 8.32. The van der Waals surface area contributed by atoms with Gasteiger partial charge >= 0.3 is 0 Å². The summed E-state index contributed by atoms with van der Waals surface area (Å²) in [6.07, 6.45) is 0. The van der Waals surface area contributed by atoms with Crippen molar-refractivity contribution in [1.82, 2.24) is 10.2 Å². The summed E-state index contributed by atoms with van der Waals surface area (Å²) < 4.78 is 5.34. The molecule has 0 aliphatic rings. The van der Waals surface area contributed by atoms with Crippen LogP contribution in [-0.2, 0) is 4.79 Å². The first-order chi connectivity index (χ1) is 9.60. The third-order valence-corrected chi connectivity index (χ3v) is 2.95. The highest BCUT2D eigenvalue weighted by Gasteiger charge is 2.13. The number of nitrogens with one attached hydrogen (secondary N) is 1. The Morgan fingerprint density at radius 3 is 2.30 bits per heavy atom. The van der Waals surface area contributed by atoms with Crippen molar-refractivity contribution in [3.05, 3.63) is 29.8 Å². The first-order valence-corrected chi connectivity index (χ1v) is 6.79. The van der Waals surface area contributed by atoms with Crippen LogP contribution >= 0.6 is 0 Å². The molecule has 0 unspecified atom stereocenters. The van der Waals surface area contributed by atoms with Gasteiger partial charge in [0.25, 0.3) is 0 Å². The Bertz CT molecular complexity index is 443. The molecule has 1 N–H and O–H groups in total.